The maximum atomic E-state index is 12.5. The summed E-state index contributed by atoms with van der Waals surface area (Å²) in [6.07, 6.45) is 1.67. The molecule has 1 saturated carbocycles. The van der Waals surface area contributed by atoms with Gasteiger partial charge >= 0.3 is 5.97 Å². The minimum atomic E-state index is -1.03. The Morgan fingerprint density at radius 1 is 1.30 bits per heavy atom. The lowest BCUT2D eigenvalue weighted by molar-refractivity contribution is -0.145. The number of nitrogens with one attached hydrogen (secondary N) is 1. The largest absolute Gasteiger partial charge is 0.480 e. The third kappa shape index (κ3) is 5.25. The number of carboxylic acid groups (broad SMARTS) is 1. The smallest absolute Gasteiger partial charge is 0.323 e. The lowest BCUT2D eigenvalue weighted by atomic mass is 10.0. The molecule has 124 valence electrons. The summed E-state index contributed by atoms with van der Waals surface area (Å²) < 4.78 is 0. The number of nitrogens with zero attached hydrogens (tertiary/aromatic N) is 1. The van der Waals surface area contributed by atoms with Crippen LogP contribution in [0.5, 0.6) is 0 Å². The van der Waals surface area contributed by atoms with Crippen LogP contribution in [0.2, 0.25) is 5.02 Å². The van der Waals surface area contributed by atoms with Crippen molar-refractivity contribution in [3.63, 3.8) is 0 Å². The number of halogens is 1. The fourth-order valence-corrected chi connectivity index (χ4v) is 2.56. The Hall–Kier alpha value is -2.08. The molecular formula is C16H19ClN2O4. The molecule has 0 saturated heterocycles. The fourth-order valence-electron chi connectivity index (χ4n) is 2.44. The zero-order chi connectivity index (χ0) is 17.0. The number of aliphatic carboxylic acids is 1. The lowest BCUT2D eigenvalue weighted by Gasteiger charge is -2.24. The van der Waals surface area contributed by atoms with Crippen molar-refractivity contribution in [3.8, 4) is 0 Å². The van der Waals surface area contributed by atoms with Crippen molar-refractivity contribution < 1.29 is 19.5 Å². The quantitative estimate of drug-likeness (QED) is 0.796. The molecule has 1 aliphatic carbocycles. The fraction of sp³-hybridized carbons (Fsp3) is 0.438. The molecule has 2 amide bonds. The van der Waals surface area contributed by atoms with E-state index in [0.717, 1.165) is 18.4 Å². The minimum absolute atomic E-state index is 0.00166. The van der Waals surface area contributed by atoms with Crippen molar-refractivity contribution in [2.45, 2.75) is 38.3 Å². The molecule has 1 aromatic carbocycles. The Balaban J connectivity index is 2.12. The van der Waals surface area contributed by atoms with Crippen LogP contribution < -0.4 is 5.32 Å². The van der Waals surface area contributed by atoms with E-state index in [4.69, 9.17) is 16.7 Å². The Kier molecular flexibility index (Phi) is 5.60. The van der Waals surface area contributed by atoms with Gasteiger partial charge in [-0.25, -0.2) is 0 Å². The molecule has 1 atom stereocenters. The number of carbonyl (C=O) groups is 3. The third-order valence-corrected chi connectivity index (χ3v) is 3.89. The Bertz CT molecular complexity index is 599. The maximum absolute atomic E-state index is 12.5. The van der Waals surface area contributed by atoms with Gasteiger partial charge in [-0.3, -0.25) is 14.4 Å². The van der Waals surface area contributed by atoms with Gasteiger partial charge in [-0.2, -0.15) is 0 Å². The summed E-state index contributed by atoms with van der Waals surface area (Å²) >= 11 is 5.86. The molecule has 0 spiro atoms. The molecule has 1 fully saturated rings. The molecule has 0 heterocycles. The van der Waals surface area contributed by atoms with Crippen LogP contribution >= 0.6 is 11.6 Å². The first-order valence-electron chi connectivity index (χ1n) is 7.40. The number of hydrogen-bond acceptors (Lipinski definition) is 3. The first-order valence-corrected chi connectivity index (χ1v) is 7.78. The molecule has 2 N–H and O–H groups in total. The summed E-state index contributed by atoms with van der Waals surface area (Å²) in [6, 6.07) is 6.36. The highest BCUT2D eigenvalue weighted by atomic mass is 35.5. The molecule has 1 aliphatic rings. The summed E-state index contributed by atoms with van der Waals surface area (Å²) in [7, 11) is 0. The zero-order valence-electron chi connectivity index (χ0n) is 12.8. The molecule has 0 bridgehead atoms. The Morgan fingerprint density at radius 3 is 2.39 bits per heavy atom. The summed E-state index contributed by atoms with van der Waals surface area (Å²) in [6.45, 7) is 1.07. The van der Waals surface area contributed by atoms with Crippen LogP contribution in [0.3, 0.4) is 0 Å². The first-order chi connectivity index (χ1) is 10.9. The predicted octanol–water partition coefficient (Wildman–Crippen LogP) is 1.98. The number of benzene rings is 1. The van der Waals surface area contributed by atoms with E-state index in [1.165, 1.54) is 11.8 Å². The van der Waals surface area contributed by atoms with Gasteiger partial charge in [0.25, 0.3) is 0 Å². The second-order valence-corrected chi connectivity index (χ2v) is 6.09. The van der Waals surface area contributed by atoms with Gasteiger partial charge in [-0.1, -0.05) is 23.7 Å². The first kappa shape index (κ1) is 17.3. The highest BCUT2D eigenvalue weighted by Crippen LogP contribution is 2.29. The van der Waals surface area contributed by atoms with E-state index in [0.29, 0.717) is 5.02 Å². The second-order valence-electron chi connectivity index (χ2n) is 5.66. The SMILES string of the molecule is CC(=O)NC(CC(=O)N(CC(=O)O)C1CC1)c1ccc(Cl)cc1. The number of amides is 2. The van der Waals surface area contributed by atoms with Crippen LogP contribution in [0.1, 0.15) is 37.8 Å². The van der Waals surface area contributed by atoms with Gasteiger partial charge in [0, 0.05) is 18.0 Å². The van der Waals surface area contributed by atoms with Gasteiger partial charge in [0.2, 0.25) is 11.8 Å². The standard InChI is InChI=1S/C16H19ClN2O4/c1-10(20)18-14(11-2-4-12(17)5-3-11)8-15(21)19(9-16(22)23)13-6-7-13/h2-5,13-14H,6-9H2,1H3,(H,18,20)(H,22,23). The molecule has 7 heteroatoms. The number of hydrogen-bond donors (Lipinski definition) is 2. The van der Waals surface area contributed by atoms with Crippen LogP contribution in [0.4, 0.5) is 0 Å². The van der Waals surface area contributed by atoms with Crippen LogP contribution in [-0.4, -0.2) is 40.4 Å². The molecular weight excluding hydrogens is 320 g/mol. The Morgan fingerprint density at radius 2 is 1.91 bits per heavy atom. The summed E-state index contributed by atoms with van der Waals surface area (Å²) in [4.78, 5) is 36.2. The average Bonchev–Trinajstić information content (AvgIpc) is 3.28. The van der Waals surface area contributed by atoms with E-state index in [9.17, 15) is 14.4 Å². The van der Waals surface area contributed by atoms with Crippen molar-refractivity contribution in [2.24, 2.45) is 0 Å². The normalized spacial score (nSPS) is 14.9. The van der Waals surface area contributed by atoms with Gasteiger partial charge < -0.3 is 15.3 Å². The molecule has 23 heavy (non-hydrogen) atoms. The topological polar surface area (TPSA) is 86.7 Å². The van der Waals surface area contributed by atoms with Gasteiger partial charge in [0.1, 0.15) is 6.54 Å². The van der Waals surface area contributed by atoms with Crippen molar-refractivity contribution in [3.05, 3.63) is 34.9 Å². The highest BCUT2D eigenvalue weighted by Gasteiger charge is 2.34. The summed E-state index contributed by atoms with van der Waals surface area (Å²) in [5.74, 6) is -1.56. The van der Waals surface area contributed by atoms with Crippen molar-refractivity contribution in [1.82, 2.24) is 10.2 Å². The van der Waals surface area contributed by atoms with Gasteiger partial charge in [0.15, 0.2) is 0 Å². The number of carboxylic acids is 1. The minimum Gasteiger partial charge on any atom is -0.480 e. The Labute approximate surface area is 139 Å². The van der Waals surface area contributed by atoms with Gasteiger partial charge in [-0.15, -0.1) is 0 Å². The molecule has 0 aromatic heterocycles. The summed E-state index contributed by atoms with van der Waals surface area (Å²) in [5.41, 5.74) is 0.754. The van der Waals surface area contributed by atoms with Crippen LogP contribution in [-0.2, 0) is 14.4 Å². The average molecular weight is 339 g/mol. The van der Waals surface area contributed by atoms with Crippen LogP contribution in [0.25, 0.3) is 0 Å². The molecule has 0 radical (unpaired) electrons. The molecule has 1 unspecified atom stereocenters. The number of rotatable bonds is 7. The summed E-state index contributed by atoms with van der Waals surface area (Å²) in [5, 5.41) is 12.3. The molecule has 0 aliphatic heterocycles. The van der Waals surface area contributed by atoms with E-state index in [1.54, 1.807) is 24.3 Å². The van der Waals surface area contributed by atoms with Crippen molar-refractivity contribution >= 4 is 29.4 Å². The van der Waals surface area contributed by atoms with Crippen molar-refractivity contribution in [2.75, 3.05) is 6.54 Å². The molecule has 6 nitrogen and oxygen atoms in total. The van der Waals surface area contributed by atoms with E-state index in [2.05, 4.69) is 5.32 Å². The van der Waals surface area contributed by atoms with E-state index < -0.39 is 12.0 Å². The van der Waals surface area contributed by atoms with Crippen LogP contribution in [0.15, 0.2) is 24.3 Å². The number of carbonyl (C=O) groups excluding carboxylic acids is 2. The highest BCUT2D eigenvalue weighted by molar-refractivity contribution is 6.30. The van der Waals surface area contributed by atoms with Crippen LogP contribution in [0, 0.1) is 0 Å². The van der Waals surface area contributed by atoms with E-state index in [1.807, 2.05) is 0 Å². The monoisotopic (exact) mass is 338 g/mol. The zero-order valence-corrected chi connectivity index (χ0v) is 13.5. The van der Waals surface area contributed by atoms with Gasteiger partial charge in [0.05, 0.1) is 12.5 Å². The molecule has 2 rings (SSSR count). The van der Waals surface area contributed by atoms with Gasteiger partial charge in [-0.05, 0) is 30.5 Å². The third-order valence-electron chi connectivity index (χ3n) is 3.64. The van der Waals surface area contributed by atoms with E-state index >= 15 is 0 Å². The maximum Gasteiger partial charge on any atom is 0.323 e. The predicted molar refractivity (Wildman–Crippen MR) is 85.0 cm³/mol. The second kappa shape index (κ2) is 7.46. The lowest BCUT2D eigenvalue weighted by Crippen LogP contribution is -2.40. The van der Waals surface area contributed by atoms with Crippen molar-refractivity contribution in [1.29, 1.82) is 0 Å². The van der Waals surface area contributed by atoms with E-state index in [-0.39, 0.29) is 30.8 Å². The molecule has 1 aromatic rings.